The Kier molecular flexibility index (Phi) is 3.81. The minimum Gasteiger partial charge on any atom is -0.378 e. The van der Waals surface area contributed by atoms with Gasteiger partial charge in [-0.25, -0.2) is 0 Å². The van der Waals surface area contributed by atoms with Gasteiger partial charge in [0.1, 0.15) is 0 Å². The second-order valence-corrected chi connectivity index (χ2v) is 6.07. The van der Waals surface area contributed by atoms with Crippen LogP contribution in [0.3, 0.4) is 0 Å². The van der Waals surface area contributed by atoms with Gasteiger partial charge in [0.15, 0.2) is 0 Å². The Morgan fingerprint density at radius 3 is 2.56 bits per heavy atom. The number of nitrogens with zero attached hydrogens (tertiary/aromatic N) is 2. The number of ether oxygens (including phenoxy) is 1. The smallest absolute Gasteiger partial charge is 0.282 e. The molecule has 0 aromatic heterocycles. The molecule has 0 spiro atoms. The number of morpholine rings is 1. The van der Waals surface area contributed by atoms with Crippen LogP contribution < -0.4 is 5.32 Å². The van der Waals surface area contributed by atoms with E-state index in [0.29, 0.717) is 32.8 Å². The molecule has 1 N–H and O–H groups in total. The van der Waals surface area contributed by atoms with Crippen LogP contribution in [-0.4, -0.2) is 69.0 Å². The number of nitrogens with one attached hydrogen (secondary N) is 1. The Bertz CT molecular complexity index is 327. The van der Waals surface area contributed by atoms with Gasteiger partial charge in [-0.2, -0.15) is 17.0 Å². The van der Waals surface area contributed by atoms with Crippen molar-refractivity contribution in [2.45, 2.75) is 13.0 Å². The Morgan fingerprint density at radius 1 is 1.25 bits per heavy atom. The number of rotatable bonds is 2. The molecule has 7 heteroatoms. The first-order valence-electron chi connectivity index (χ1n) is 5.68. The van der Waals surface area contributed by atoms with E-state index in [1.807, 2.05) is 6.92 Å². The van der Waals surface area contributed by atoms with E-state index < -0.39 is 10.2 Å². The zero-order valence-corrected chi connectivity index (χ0v) is 10.4. The molecule has 2 fully saturated rings. The van der Waals surface area contributed by atoms with E-state index in [0.717, 1.165) is 13.1 Å². The molecule has 0 aliphatic carbocycles. The van der Waals surface area contributed by atoms with Crippen LogP contribution in [0.2, 0.25) is 0 Å². The third-order valence-electron chi connectivity index (χ3n) is 3.01. The van der Waals surface area contributed by atoms with Crippen LogP contribution in [0.4, 0.5) is 0 Å². The van der Waals surface area contributed by atoms with Crippen molar-refractivity contribution in [3.8, 4) is 0 Å². The molecule has 0 unspecified atom stereocenters. The summed E-state index contributed by atoms with van der Waals surface area (Å²) in [4.78, 5) is 0. The maximum absolute atomic E-state index is 12.3. The fourth-order valence-electron chi connectivity index (χ4n) is 2.08. The fraction of sp³-hybridized carbons (Fsp3) is 1.00. The summed E-state index contributed by atoms with van der Waals surface area (Å²) >= 11 is 0. The fourth-order valence-corrected chi connectivity index (χ4v) is 3.84. The van der Waals surface area contributed by atoms with Gasteiger partial charge in [-0.15, -0.1) is 0 Å². The number of hydrogen-bond acceptors (Lipinski definition) is 4. The molecule has 1 atom stereocenters. The molecular weight excluding hydrogens is 230 g/mol. The van der Waals surface area contributed by atoms with Gasteiger partial charge in [0, 0.05) is 38.8 Å². The maximum atomic E-state index is 12.3. The molecule has 2 saturated heterocycles. The molecule has 2 aliphatic heterocycles. The SMILES string of the molecule is C[C@@H]1COCCN1S(=O)(=O)N1CCNCC1. The van der Waals surface area contributed by atoms with Gasteiger partial charge in [0.05, 0.1) is 13.2 Å². The van der Waals surface area contributed by atoms with E-state index in [9.17, 15) is 8.42 Å². The number of hydrogen-bond donors (Lipinski definition) is 1. The van der Waals surface area contributed by atoms with Crippen molar-refractivity contribution >= 4 is 10.2 Å². The molecular formula is C9H19N3O3S. The summed E-state index contributed by atoms with van der Waals surface area (Å²) in [6, 6.07) is -0.0614. The van der Waals surface area contributed by atoms with Crippen LogP contribution in [0.15, 0.2) is 0 Å². The van der Waals surface area contributed by atoms with E-state index in [2.05, 4.69) is 5.32 Å². The van der Waals surface area contributed by atoms with E-state index in [-0.39, 0.29) is 6.04 Å². The Labute approximate surface area is 96.7 Å². The van der Waals surface area contributed by atoms with E-state index in [1.54, 1.807) is 8.61 Å². The molecule has 16 heavy (non-hydrogen) atoms. The van der Waals surface area contributed by atoms with Crippen LogP contribution >= 0.6 is 0 Å². The van der Waals surface area contributed by atoms with Gasteiger partial charge in [-0.05, 0) is 6.92 Å². The van der Waals surface area contributed by atoms with Crippen molar-refractivity contribution in [1.29, 1.82) is 0 Å². The molecule has 0 aromatic rings. The van der Waals surface area contributed by atoms with E-state index in [1.165, 1.54) is 0 Å². The van der Waals surface area contributed by atoms with Crippen molar-refractivity contribution < 1.29 is 13.2 Å². The molecule has 6 nitrogen and oxygen atoms in total. The van der Waals surface area contributed by atoms with Crippen molar-refractivity contribution in [3.05, 3.63) is 0 Å². The standard InChI is InChI=1S/C9H19N3O3S/c1-9-8-15-7-6-12(9)16(13,14)11-4-2-10-3-5-11/h9-10H,2-8H2,1H3/t9-/m1/s1. The molecule has 0 aromatic carbocycles. The minimum atomic E-state index is -3.29. The first-order chi connectivity index (χ1) is 7.62. The van der Waals surface area contributed by atoms with E-state index >= 15 is 0 Å². The average molecular weight is 249 g/mol. The highest BCUT2D eigenvalue weighted by Gasteiger charge is 2.35. The average Bonchev–Trinajstić information content (AvgIpc) is 2.30. The summed E-state index contributed by atoms with van der Waals surface area (Å²) < 4.78 is 33.0. The van der Waals surface area contributed by atoms with Crippen molar-refractivity contribution in [3.63, 3.8) is 0 Å². The van der Waals surface area contributed by atoms with Crippen LogP contribution in [0.1, 0.15) is 6.92 Å². The molecule has 0 radical (unpaired) electrons. The highest BCUT2D eigenvalue weighted by Crippen LogP contribution is 2.16. The quantitative estimate of drug-likeness (QED) is 0.672. The number of piperazine rings is 1. The van der Waals surface area contributed by atoms with Crippen LogP contribution in [0.5, 0.6) is 0 Å². The third-order valence-corrected chi connectivity index (χ3v) is 5.16. The predicted molar refractivity (Wildman–Crippen MR) is 60.3 cm³/mol. The lowest BCUT2D eigenvalue weighted by Crippen LogP contribution is -2.56. The van der Waals surface area contributed by atoms with Gasteiger partial charge >= 0.3 is 0 Å². The summed E-state index contributed by atoms with van der Waals surface area (Å²) in [6.07, 6.45) is 0. The normalized spacial score (nSPS) is 30.4. The molecule has 2 heterocycles. The largest absolute Gasteiger partial charge is 0.378 e. The van der Waals surface area contributed by atoms with Gasteiger partial charge in [0.25, 0.3) is 10.2 Å². The second-order valence-electron chi connectivity index (χ2n) is 4.19. The lowest BCUT2D eigenvalue weighted by molar-refractivity contribution is 0.0361. The van der Waals surface area contributed by atoms with Crippen LogP contribution in [-0.2, 0) is 14.9 Å². The Balaban J connectivity index is 2.10. The van der Waals surface area contributed by atoms with Gasteiger partial charge < -0.3 is 10.1 Å². The predicted octanol–water partition coefficient (Wildman–Crippen LogP) is -1.14. The lowest BCUT2D eigenvalue weighted by Gasteiger charge is -2.37. The lowest BCUT2D eigenvalue weighted by atomic mass is 10.3. The summed E-state index contributed by atoms with van der Waals surface area (Å²) in [6.45, 7) is 5.93. The van der Waals surface area contributed by atoms with Crippen molar-refractivity contribution in [2.24, 2.45) is 0 Å². The van der Waals surface area contributed by atoms with Gasteiger partial charge in [-0.1, -0.05) is 0 Å². The van der Waals surface area contributed by atoms with Crippen molar-refractivity contribution in [2.75, 3.05) is 45.9 Å². The molecule has 0 bridgehead atoms. The van der Waals surface area contributed by atoms with Gasteiger partial charge in [0.2, 0.25) is 0 Å². The molecule has 0 saturated carbocycles. The van der Waals surface area contributed by atoms with Crippen molar-refractivity contribution in [1.82, 2.24) is 13.9 Å². The summed E-state index contributed by atoms with van der Waals surface area (Å²) in [5.41, 5.74) is 0. The monoisotopic (exact) mass is 249 g/mol. The molecule has 2 aliphatic rings. The maximum Gasteiger partial charge on any atom is 0.282 e. The van der Waals surface area contributed by atoms with E-state index in [4.69, 9.17) is 4.74 Å². The zero-order chi connectivity index (χ0) is 11.6. The summed E-state index contributed by atoms with van der Waals surface area (Å²) in [7, 11) is -3.29. The summed E-state index contributed by atoms with van der Waals surface area (Å²) in [5, 5.41) is 3.15. The minimum absolute atomic E-state index is 0.0614. The Hall–Kier alpha value is -0.210. The highest BCUT2D eigenvalue weighted by atomic mass is 32.2. The third kappa shape index (κ3) is 2.38. The van der Waals surface area contributed by atoms with Crippen LogP contribution in [0.25, 0.3) is 0 Å². The molecule has 2 rings (SSSR count). The van der Waals surface area contributed by atoms with Gasteiger partial charge in [-0.3, -0.25) is 0 Å². The molecule has 0 amide bonds. The first kappa shape index (κ1) is 12.3. The zero-order valence-electron chi connectivity index (χ0n) is 9.55. The summed E-state index contributed by atoms with van der Waals surface area (Å²) in [5.74, 6) is 0. The second kappa shape index (κ2) is 4.97. The highest BCUT2D eigenvalue weighted by molar-refractivity contribution is 7.86. The topological polar surface area (TPSA) is 61.9 Å². The Morgan fingerprint density at radius 2 is 1.94 bits per heavy atom. The first-order valence-corrected chi connectivity index (χ1v) is 7.07. The molecule has 94 valence electrons. The van der Waals surface area contributed by atoms with Crippen LogP contribution in [0, 0.1) is 0 Å².